The summed E-state index contributed by atoms with van der Waals surface area (Å²) in [7, 11) is 0. The number of hydrogen-bond donors (Lipinski definition) is 1. The van der Waals surface area contributed by atoms with E-state index in [1.54, 1.807) is 10.7 Å². The molecular formula is C17H19N7. The van der Waals surface area contributed by atoms with Gasteiger partial charge < -0.3 is 5.32 Å². The molecule has 24 heavy (non-hydrogen) atoms. The molecule has 0 aliphatic rings. The molecule has 0 aromatic carbocycles. The van der Waals surface area contributed by atoms with Crippen molar-refractivity contribution in [3.05, 3.63) is 43.0 Å². The van der Waals surface area contributed by atoms with Crippen LogP contribution in [0.4, 0.5) is 5.95 Å². The molecule has 0 unspecified atom stereocenters. The van der Waals surface area contributed by atoms with Gasteiger partial charge >= 0.3 is 0 Å². The summed E-state index contributed by atoms with van der Waals surface area (Å²) in [5.74, 6) is 0.623. The molecule has 0 bridgehead atoms. The Bertz CT molecular complexity index is 1010. The van der Waals surface area contributed by atoms with Crippen LogP contribution in [0.1, 0.15) is 20.8 Å². The molecule has 1 N–H and O–H groups in total. The van der Waals surface area contributed by atoms with Crippen molar-refractivity contribution in [1.29, 1.82) is 0 Å². The molecule has 0 aliphatic heterocycles. The number of imidazole rings is 1. The molecule has 122 valence electrons. The van der Waals surface area contributed by atoms with E-state index in [1.165, 1.54) is 0 Å². The van der Waals surface area contributed by atoms with Crippen LogP contribution in [0, 0.1) is 5.41 Å². The van der Waals surface area contributed by atoms with Gasteiger partial charge in [-0.15, -0.1) is 5.10 Å². The monoisotopic (exact) mass is 321 g/mol. The molecule has 0 saturated heterocycles. The topological polar surface area (TPSA) is 72.4 Å². The maximum Gasteiger partial charge on any atom is 0.241 e. The minimum Gasteiger partial charge on any atom is -0.352 e. The first kappa shape index (κ1) is 14.6. The Hall–Kier alpha value is -2.96. The van der Waals surface area contributed by atoms with Crippen molar-refractivity contribution in [3.63, 3.8) is 0 Å². The number of rotatable bonds is 3. The van der Waals surface area contributed by atoms with Crippen LogP contribution in [-0.4, -0.2) is 35.7 Å². The van der Waals surface area contributed by atoms with Crippen LogP contribution in [0.2, 0.25) is 0 Å². The van der Waals surface area contributed by atoms with Gasteiger partial charge in [0.1, 0.15) is 0 Å². The van der Waals surface area contributed by atoms with Crippen LogP contribution in [0.5, 0.6) is 0 Å². The average molecular weight is 321 g/mol. The third-order valence-corrected chi connectivity index (χ3v) is 3.72. The molecule has 0 atom stereocenters. The molecular weight excluding hydrogens is 302 g/mol. The highest BCUT2D eigenvalue weighted by Gasteiger charge is 2.12. The van der Waals surface area contributed by atoms with Gasteiger partial charge in [-0.3, -0.25) is 0 Å². The number of hydrogen-bond acceptors (Lipinski definition) is 5. The quantitative estimate of drug-likeness (QED) is 0.628. The maximum atomic E-state index is 4.59. The molecule has 0 radical (unpaired) electrons. The van der Waals surface area contributed by atoms with Crippen LogP contribution in [0.15, 0.2) is 43.0 Å². The second-order valence-corrected chi connectivity index (χ2v) is 7.00. The van der Waals surface area contributed by atoms with Crippen molar-refractivity contribution in [3.8, 4) is 11.3 Å². The third-order valence-electron chi connectivity index (χ3n) is 3.72. The lowest BCUT2D eigenvalue weighted by molar-refractivity contribution is 0.441. The molecule has 0 amide bonds. The fourth-order valence-electron chi connectivity index (χ4n) is 2.50. The Balaban J connectivity index is 1.69. The van der Waals surface area contributed by atoms with Crippen LogP contribution in [0.3, 0.4) is 0 Å². The Morgan fingerprint density at radius 2 is 1.88 bits per heavy atom. The predicted octanol–water partition coefficient (Wildman–Crippen LogP) is 2.90. The highest BCUT2D eigenvalue weighted by molar-refractivity contribution is 5.78. The molecule has 0 aliphatic carbocycles. The highest BCUT2D eigenvalue weighted by Crippen LogP contribution is 2.23. The predicted molar refractivity (Wildman–Crippen MR) is 92.9 cm³/mol. The van der Waals surface area contributed by atoms with Gasteiger partial charge in [0.15, 0.2) is 5.65 Å². The molecule has 0 spiro atoms. The molecule has 7 nitrogen and oxygen atoms in total. The average Bonchev–Trinajstić information content (AvgIpc) is 3.17. The van der Waals surface area contributed by atoms with Gasteiger partial charge in [0.25, 0.3) is 0 Å². The summed E-state index contributed by atoms with van der Waals surface area (Å²) >= 11 is 0. The summed E-state index contributed by atoms with van der Waals surface area (Å²) in [5.41, 5.74) is 3.77. The zero-order chi connectivity index (χ0) is 16.7. The molecule has 4 aromatic heterocycles. The molecule has 0 fully saturated rings. The second-order valence-electron chi connectivity index (χ2n) is 7.00. The standard InChI is InChI=1S/C17H19N7/c1-17(2,3)11-20-16-19-10-14-12(6-8-23(14)22-16)13-4-5-15-18-7-9-24(15)21-13/h4-10H,11H2,1-3H3,(H,20,22). The van der Waals surface area contributed by atoms with Gasteiger partial charge in [0.05, 0.1) is 17.4 Å². The molecule has 7 heteroatoms. The van der Waals surface area contributed by atoms with Gasteiger partial charge in [-0.1, -0.05) is 20.8 Å². The maximum absolute atomic E-state index is 4.59. The van der Waals surface area contributed by atoms with Gasteiger partial charge in [-0.05, 0) is 23.6 Å². The number of anilines is 1. The second kappa shape index (κ2) is 5.30. The Kier molecular flexibility index (Phi) is 3.23. The van der Waals surface area contributed by atoms with Gasteiger partial charge in [-0.2, -0.15) is 5.10 Å². The zero-order valence-electron chi connectivity index (χ0n) is 13.9. The number of nitrogens with zero attached hydrogens (tertiary/aromatic N) is 6. The normalized spacial score (nSPS) is 12.1. The zero-order valence-corrected chi connectivity index (χ0v) is 13.9. The van der Waals surface area contributed by atoms with Crippen LogP contribution >= 0.6 is 0 Å². The summed E-state index contributed by atoms with van der Waals surface area (Å²) in [5, 5.41) is 12.4. The number of fused-ring (bicyclic) bond motifs is 2. The van der Waals surface area contributed by atoms with E-state index >= 15 is 0 Å². The SMILES string of the molecule is CC(C)(C)CNc1ncc2c(-c3ccc4nccn4n3)ccn2n1. The van der Waals surface area contributed by atoms with Crippen molar-refractivity contribution < 1.29 is 0 Å². The van der Waals surface area contributed by atoms with Crippen molar-refractivity contribution in [2.75, 3.05) is 11.9 Å². The van der Waals surface area contributed by atoms with E-state index in [0.29, 0.717) is 5.95 Å². The first-order valence-corrected chi connectivity index (χ1v) is 7.89. The van der Waals surface area contributed by atoms with Gasteiger partial charge in [-0.25, -0.2) is 19.0 Å². The Morgan fingerprint density at radius 3 is 2.71 bits per heavy atom. The number of aromatic nitrogens is 6. The van der Waals surface area contributed by atoms with E-state index in [9.17, 15) is 0 Å². The fourth-order valence-corrected chi connectivity index (χ4v) is 2.50. The number of nitrogens with one attached hydrogen (secondary N) is 1. The molecule has 4 heterocycles. The lowest BCUT2D eigenvalue weighted by Gasteiger charge is -2.18. The summed E-state index contributed by atoms with van der Waals surface area (Å²) < 4.78 is 3.59. The minimum absolute atomic E-state index is 0.171. The lowest BCUT2D eigenvalue weighted by atomic mass is 9.97. The van der Waals surface area contributed by atoms with Crippen LogP contribution < -0.4 is 5.32 Å². The van der Waals surface area contributed by atoms with E-state index in [-0.39, 0.29) is 5.41 Å². The molecule has 0 saturated carbocycles. The van der Waals surface area contributed by atoms with Crippen molar-refractivity contribution in [2.45, 2.75) is 20.8 Å². The van der Waals surface area contributed by atoms with Gasteiger partial charge in [0, 0.05) is 30.7 Å². The van der Waals surface area contributed by atoms with E-state index < -0.39 is 0 Å². The largest absolute Gasteiger partial charge is 0.352 e. The van der Waals surface area contributed by atoms with Crippen LogP contribution in [-0.2, 0) is 0 Å². The van der Waals surface area contributed by atoms with E-state index in [1.807, 2.05) is 41.3 Å². The smallest absolute Gasteiger partial charge is 0.241 e. The summed E-state index contributed by atoms with van der Waals surface area (Å²) in [6.45, 7) is 7.32. The van der Waals surface area contributed by atoms with Crippen LogP contribution in [0.25, 0.3) is 22.4 Å². The first-order valence-electron chi connectivity index (χ1n) is 7.89. The van der Waals surface area contributed by atoms with E-state index in [4.69, 9.17) is 0 Å². The summed E-state index contributed by atoms with van der Waals surface area (Å²) in [6.07, 6.45) is 7.32. The highest BCUT2D eigenvalue weighted by atomic mass is 15.3. The fraction of sp³-hybridized carbons (Fsp3) is 0.294. The lowest BCUT2D eigenvalue weighted by Crippen LogP contribution is -2.20. The third kappa shape index (κ3) is 2.68. The van der Waals surface area contributed by atoms with Crippen molar-refractivity contribution in [2.24, 2.45) is 5.41 Å². The Morgan fingerprint density at radius 1 is 1.00 bits per heavy atom. The minimum atomic E-state index is 0.171. The van der Waals surface area contributed by atoms with Crippen molar-refractivity contribution >= 4 is 17.1 Å². The molecule has 4 rings (SSSR count). The summed E-state index contributed by atoms with van der Waals surface area (Å²) in [4.78, 5) is 8.65. The first-order chi connectivity index (χ1) is 11.5. The van der Waals surface area contributed by atoms with E-state index in [0.717, 1.165) is 29.0 Å². The van der Waals surface area contributed by atoms with Crippen molar-refractivity contribution in [1.82, 2.24) is 29.2 Å². The van der Waals surface area contributed by atoms with E-state index in [2.05, 4.69) is 46.3 Å². The summed E-state index contributed by atoms with van der Waals surface area (Å²) in [6, 6.07) is 5.91. The Labute approximate surface area is 139 Å². The van der Waals surface area contributed by atoms with Gasteiger partial charge in [0.2, 0.25) is 5.95 Å². The molecule has 4 aromatic rings.